The van der Waals surface area contributed by atoms with Crippen LogP contribution in [0.25, 0.3) is 0 Å². The minimum atomic E-state index is -0.597. The van der Waals surface area contributed by atoms with Crippen LogP contribution in [-0.4, -0.2) is 53.0 Å². The molecule has 114 valence electrons. The van der Waals surface area contributed by atoms with Gasteiger partial charge in [-0.1, -0.05) is 0 Å². The molecule has 1 atom stereocenters. The van der Waals surface area contributed by atoms with Gasteiger partial charge in [-0.3, -0.25) is 4.79 Å². The predicted molar refractivity (Wildman–Crippen MR) is 77.0 cm³/mol. The van der Waals surface area contributed by atoms with Crippen LogP contribution in [0.1, 0.15) is 36.1 Å². The van der Waals surface area contributed by atoms with Gasteiger partial charge in [0, 0.05) is 24.8 Å². The molecule has 7 heteroatoms. The molecular formula is C14H20N4O3. The normalized spacial score (nSPS) is 15.7. The van der Waals surface area contributed by atoms with Crippen molar-refractivity contribution in [3.8, 4) is 0 Å². The van der Waals surface area contributed by atoms with Crippen molar-refractivity contribution in [3.63, 3.8) is 0 Å². The number of aromatic nitrogens is 2. The monoisotopic (exact) mass is 292 g/mol. The van der Waals surface area contributed by atoms with Crippen LogP contribution < -0.4 is 5.32 Å². The molecule has 1 N–H and O–H groups in total. The van der Waals surface area contributed by atoms with Crippen LogP contribution >= 0.6 is 0 Å². The molecule has 0 aliphatic carbocycles. The third-order valence-corrected chi connectivity index (χ3v) is 3.37. The van der Waals surface area contributed by atoms with Gasteiger partial charge in [-0.25, -0.2) is 14.8 Å². The predicted octanol–water partition coefficient (Wildman–Crippen LogP) is 0.994. The standard InChI is InChI=1S/C14H20N4O3/c1-9-8-11(17-12(15-9)14(20)21-3)16-10(2)13(19)18-6-4-5-7-18/h8,10H,4-7H2,1-3H3,(H,15,16,17). The van der Waals surface area contributed by atoms with E-state index < -0.39 is 12.0 Å². The first kappa shape index (κ1) is 15.2. The molecule has 1 saturated heterocycles. The van der Waals surface area contributed by atoms with Crippen LogP contribution in [0.5, 0.6) is 0 Å². The van der Waals surface area contributed by atoms with Crippen LogP contribution in [-0.2, 0) is 9.53 Å². The average molecular weight is 292 g/mol. The smallest absolute Gasteiger partial charge is 0.376 e. The Bertz CT molecular complexity index is 541. The zero-order valence-corrected chi connectivity index (χ0v) is 12.5. The van der Waals surface area contributed by atoms with E-state index in [9.17, 15) is 9.59 Å². The lowest BCUT2D eigenvalue weighted by Crippen LogP contribution is -2.39. The maximum Gasteiger partial charge on any atom is 0.376 e. The summed E-state index contributed by atoms with van der Waals surface area (Å²) in [6, 6.07) is 1.29. The number of nitrogens with zero attached hydrogens (tertiary/aromatic N) is 3. The summed E-state index contributed by atoms with van der Waals surface area (Å²) in [7, 11) is 1.28. The van der Waals surface area contributed by atoms with E-state index in [1.165, 1.54) is 7.11 Å². The molecule has 1 unspecified atom stereocenters. The highest BCUT2D eigenvalue weighted by atomic mass is 16.5. The van der Waals surface area contributed by atoms with Crippen molar-refractivity contribution >= 4 is 17.7 Å². The number of hydrogen-bond donors (Lipinski definition) is 1. The van der Waals surface area contributed by atoms with Crippen molar-refractivity contribution in [2.45, 2.75) is 32.7 Å². The molecule has 2 heterocycles. The molecule has 1 amide bonds. The Balaban J connectivity index is 2.09. The largest absolute Gasteiger partial charge is 0.463 e. The van der Waals surface area contributed by atoms with E-state index in [0.29, 0.717) is 11.5 Å². The molecule has 21 heavy (non-hydrogen) atoms. The van der Waals surface area contributed by atoms with Crippen LogP contribution in [0, 0.1) is 6.92 Å². The molecule has 2 rings (SSSR count). The highest BCUT2D eigenvalue weighted by Crippen LogP contribution is 2.13. The van der Waals surface area contributed by atoms with Crippen molar-refractivity contribution < 1.29 is 14.3 Å². The number of amides is 1. The Kier molecular flexibility index (Phi) is 4.72. The Labute approximate surface area is 123 Å². The lowest BCUT2D eigenvalue weighted by atomic mass is 10.3. The van der Waals surface area contributed by atoms with Gasteiger partial charge in [-0.15, -0.1) is 0 Å². The van der Waals surface area contributed by atoms with Gasteiger partial charge >= 0.3 is 5.97 Å². The number of hydrogen-bond acceptors (Lipinski definition) is 6. The van der Waals surface area contributed by atoms with E-state index in [2.05, 4.69) is 20.0 Å². The molecule has 1 aliphatic rings. The van der Waals surface area contributed by atoms with Gasteiger partial charge < -0.3 is 15.0 Å². The van der Waals surface area contributed by atoms with Gasteiger partial charge in [0.15, 0.2) is 0 Å². The van der Waals surface area contributed by atoms with E-state index in [-0.39, 0.29) is 11.7 Å². The molecule has 7 nitrogen and oxygen atoms in total. The quantitative estimate of drug-likeness (QED) is 0.833. The van der Waals surface area contributed by atoms with Gasteiger partial charge in [0.2, 0.25) is 11.7 Å². The third kappa shape index (κ3) is 3.68. The number of methoxy groups -OCH3 is 1. The number of nitrogens with one attached hydrogen (secondary N) is 1. The second-order valence-corrected chi connectivity index (χ2v) is 5.11. The van der Waals surface area contributed by atoms with E-state index in [0.717, 1.165) is 25.9 Å². The van der Waals surface area contributed by atoms with Crippen LogP contribution in [0.15, 0.2) is 6.07 Å². The zero-order valence-electron chi connectivity index (χ0n) is 12.5. The molecule has 0 saturated carbocycles. The van der Waals surface area contributed by atoms with Gasteiger partial charge in [-0.2, -0.15) is 0 Å². The minimum Gasteiger partial charge on any atom is -0.463 e. The SMILES string of the molecule is COC(=O)c1nc(C)cc(NC(C)C(=O)N2CCCC2)n1. The van der Waals surface area contributed by atoms with Gasteiger partial charge in [-0.05, 0) is 26.7 Å². The Morgan fingerprint density at radius 1 is 1.33 bits per heavy atom. The number of carbonyl (C=O) groups is 2. The first-order valence-corrected chi connectivity index (χ1v) is 7.00. The second-order valence-electron chi connectivity index (χ2n) is 5.11. The molecule has 1 fully saturated rings. The first-order valence-electron chi connectivity index (χ1n) is 7.00. The number of ether oxygens (including phenoxy) is 1. The van der Waals surface area contributed by atoms with Crippen molar-refractivity contribution in [2.24, 2.45) is 0 Å². The number of aryl methyl sites for hydroxylation is 1. The van der Waals surface area contributed by atoms with E-state index >= 15 is 0 Å². The van der Waals surface area contributed by atoms with Crippen molar-refractivity contribution in [2.75, 3.05) is 25.5 Å². The third-order valence-electron chi connectivity index (χ3n) is 3.37. The Morgan fingerprint density at radius 3 is 2.62 bits per heavy atom. The fourth-order valence-electron chi connectivity index (χ4n) is 2.32. The Morgan fingerprint density at radius 2 is 2.00 bits per heavy atom. The fraction of sp³-hybridized carbons (Fsp3) is 0.571. The summed E-state index contributed by atoms with van der Waals surface area (Å²) in [4.78, 5) is 33.7. The summed E-state index contributed by atoms with van der Waals surface area (Å²) in [5.41, 5.74) is 0.633. The van der Waals surface area contributed by atoms with E-state index in [4.69, 9.17) is 0 Å². The van der Waals surface area contributed by atoms with Gasteiger partial charge in [0.1, 0.15) is 11.9 Å². The van der Waals surface area contributed by atoms with Crippen LogP contribution in [0.3, 0.4) is 0 Å². The second kappa shape index (κ2) is 6.51. The molecule has 0 bridgehead atoms. The highest BCUT2D eigenvalue weighted by Gasteiger charge is 2.23. The minimum absolute atomic E-state index is 0.0131. The Hall–Kier alpha value is -2.18. The lowest BCUT2D eigenvalue weighted by Gasteiger charge is -2.21. The van der Waals surface area contributed by atoms with Crippen molar-refractivity contribution in [1.82, 2.24) is 14.9 Å². The maximum atomic E-state index is 12.2. The molecule has 0 radical (unpaired) electrons. The molecule has 0 spiro atoms. The van der Waals surface area contributed by atoms with Crippen molar-refractivity contribution in [1.29, 1.82) is 0 Å². The number of carbonyl (C=O) groups excluding carboxylic acids is 2. The van der Waals surface area contributed by atoms with Gasteiger partial charge in [0.25, 0.3) is 0 Å². The molecule has 1 aliphatic heterocycles. The highest BCUT2D eigenvalue weighted by molar-refractivity contribution is 5.86. The number of anilines is 1. The summed E-state index contributed by atoms with van der Waals surface area (Å²) in [5, 5.41) is 3.03. The fourth-order valence-corrected chi connectivity index (χ4v) is 2.32. The maximum absolute atomic E-state index is 12.2. The number of likely N-dealkylation sites (tertiary alicyclic amines) is 1. The van der Waals surface area contributed by atoms with Crippen molar-refractivity contribution in [3.05, 3.63) is 17.6 Å². The van der Waals surface area contributed by atoms with Crippen LogP contribution in [0.2, 0.25) is 0 Å². The summed E-state index contributed by atoms with van der Waals surface area (Å²) < 4.78 is 4.61. The average Bonchev–Trinajstić information content (AvgIpc) is 2.99. The molecular weight excluding hydrogens is 272 g/mol. The topological polar surface area (TPSA) is 84.4 Å². The number of esters is 1. The first-order chi connectivity index (χ1) is 10.0. The lowest BCUT2D eigenvalue weighted by molar-refractivity contribution is -0.130. The van der Waals surface area contributed by atoms with E-state index in [1.807, 2.05) is 4.90 Å². The molecule has 1 aromatic rings. The van der Waals surface area contributed by atoms with Gasteiger partial charge in [0.05, 0.1) is 7.11 Å². The summed E-state index contributed by atoms with van der Waals surface area (Å²) in [5.74, 6) is -0.118. The molecule has 1 aromatic heterocycles. The van der Waals surface area contributed by atoms with E-state index in [1.54, 1.807) is 19.9 Å². The summed E-state index contributed by atoms with van der Waals surface area (Å²) >= 11 is 0. The zero-order chi connectivity index (χ0) is 15.4. The summed E-state index contributed by atoms with van der Waals surface area (Å²) in [6.07, 6.45) is 2.11. The summed E-state index contributed by atoms with van der Waals surface area (Å²) in [6.45, 7) is 5.16. The molecule has 0 aromatic carbocycles. The van der Waals surface area contributed by atoms with Crippen LogP contribution in [0.4, 0.5) is 5.82 Å². The number of rotatable bonds is 4.